The Hall–Kier alpha value is -2.21. The van der Waals surface area contributed by atoms with E-state index < -0.39 is 5.97 Å². The van der Waals surface area contributed by atoms with Crippen LogP contribution in [0.5, 0.6) is 0 Å². The van der Waals surface area contributed by atoms with Gasteiger partial charge in [-0.3, -0.25) is 0 Å². The highest BCUT2D eigenvalue weighted by molar-refractivity contribution is 7.98. The summed E-state index contributed by atoms with van der Waals surface area (Å²) in [6.45, 7) is 0. The summed E-state index contributed by atoms with van der Waals surface area (Å²) in [4.78, 5) is 15.5. The van der Waals surface area contributed by atoms with E-state index in [0.717, 1.165) is 10.5 Å². The molecule has 0 unspecified atom stereocenters. The molecule has 0 amide bonds. The van der Waals surface area contributed by atoms with Crippen molar-refractivity contribution in [3.8, 4) is 0 Å². The van der Waals surface area contributed by atoms with Crippen LogP contribution in [0.2, 0.25) is 0 Å². The van der Waals surface area contributed by atoms with Gasteiger partial charge >= 0.3 is 5.97 Å². The van der Waals surface area contributed by atoms with E-state index in [4.69, 9.17) is 4.42 Å². The van der Waals surface area contributed by atoms with Crippen molar-refractivity contribution in [3.63, 3.8) is 0 Å². The number of rotatable bonds is 4. The Morgan fingerprint density at radius 2 is 2.25 bits per heavy atom. The molecule has 5 nitrogen and oxygen atoms in total. The first-order chi connectivity index (χ1) is 9.66. The molecule has 2 heterocycles. The van der Waals surface area contributed by atoms with Crippen molar-refractivity contribution < 1.29 is 14.3 Å². The molecule has 6 heteroatoms. The molecule has 20 heavy (non-hydrogen) atoms. The van der Waals surface area contributed by atoms with Crippen LogP contribution in [0.3, 0.4) is 0 Å². The highest BCUT2D eigenvalue weighted by Crippen LogP contribution is 2.31. The van der Waals surface area contributed by atoms with Crippen molar-refractivity contribution in [3.05, 3.63) is 48.0 Å². The molecular formula is C14H12N2O3S. The number of hydrogen-bond acceptors (Lipinski definition) is 4. The first kappa shape index (κ1) is 12.8. The zero-order valence-electron chi connectivity index (χ0n) is 10.7. The van der Waals surface area contributed by atoms with Crippen LogP contribution in [0.4, 0.5) is 0 Å². The molecule has 0 saturated carbocycles. The van der Waals surface area contributed by atoms with Crippen LogP contribution in [0, 0.1) is 0 Å². The lowest BCUT2D eigenvalue weighted by Crippen LogP contribution is -1.98. The second-order valence-electron chi connectivity index (χ2n) is 4.32. The van der Waals surface area contributed by atoms with Gasteiger partial charge < -0.3 is 14.1 Å². The normalized spacial score (nSPS) is 11.1. The van der Waals surface area contributed by atoms with E-state index in [0.29, 0.717) is 16.9 Å². The molecule has 0 fully saturated rings. The summed E-state index contributed by atoms with van der Waals surface area (Å²) < 4.78 is 7.32. The molecular weight excluding hydrogens is 276 g/mol. The maximum atomic E-state index is 11.3. The average molecular weight is 288 g/mol. The number of imidazole rings is 1. The zero-order chi connectivity index (χ0) is 14.1. The van der Waals surface area contributed by atoms with Crippen LogP contribution in [0.25, 0.3) is 11.0 Å². The van der Waals surface area contributed by atoms with Gasteiger partial charge in [-0.15, -0.1) is 0 Å². The van der Waals surface area contributed by atoms with Gasteiger partial charge in [0, 0.05) is 36.1 Å². The van der Waals surface area contributed by atoms with Gasteiger partial charge in [0.1, 0.15) is 5.58 Å². The lowest BCUT2D eigenvalue weighted by atomic mass is 10.1. The number of carboxylic acids is 1. The minimum Gasteiger partial charge on any atom is -0.475 e. The SMILES string of the molecule is Cn1ccnc1SCc1c(C(=O)O)oc2ccccc12. The molecule has 0 radical (unpaired) electrons. The van der Waals surface area contributed by atoms with Gasteiger partial charge in [0.15, 0.2) is 5.16 Å². The van der Waals surface area contributed by atoms with E-state index in [2.05, 4.69) is 4.98 Å². The van der Waals surface area contributed by atoms with Gasteiger partial charge in [-0.2, -0.15) is 0 Å². The fraction of sp³-hybridized carbons (Fsp3) is 0.143. The number of hydrogen-bond donors (Lipinski definition) is 1. The Bertz CT molecular complexity index is 776. The Morgan fingerprint density at radius 1 is 1.45 bits per heavy atom. The Morgan fingerprint density at radius 3 is 2.95 bits per heavy atom. The fourth-order valence-corrected chi connectivity index (χ4v) is 3.00. The summed E-state index contributed by atoms with van der Waals surface area (Å²) in [6, 6.07) is 7.35. The molecule has 0 atom stereocenters. The van der Waals surface area contributed by atoms with Crippen molar-refractivity contribution in [2.24, 2.45) is 7.05 Å². The molecule has 1 aromatic carbocycles. The molecule has 3 aromatic rings. The quantitative estimate of drug-likeness (QED) is 0.747. The highest BCUT2D eigenvalue weighted by Gasteiger charge is 2.20. The minimum atomic E-state index is -1.04. The lowest BCUT2D eigenvalue weighted by Gasteiger charge is -2.01. The van der Waals surface area contributed by atoms with E-state index in [1.54, 1.807) is 12.3 Å². The molecule has 0 aliphatic carbocycles. The summed E-state index contributed by atoms with van der Waals surface area (Å²) >= 11 is 1.49. The first-order valence-corrected chi connectivity index (χ1v) is 6.99. The van der Waals surface area contributed by atoms with Crippen LogP contribution in [-0.2, 0) is 12.8 Å². The van der Waals surface area contributed by atoms with Crippen LogP contribution < -0.4 is 0 Å². The Labute approximate surface area is 119 Å². The summed E-state index contributed by atoms with van der Waals surface area (Å²) in [5.74, 6) is -0.534. The highest BCUT2D eigenvalue weighted by atomic mass is 32.2. The zero-order valence-corrected chi connectivity index (χ0v) is 11.6. The van der Waals surface area contributed by atoms with Crippen LogP contribution in [0.15, 0.2) is 46.2 Å². The third kappa shape index (κ3) is 2.18. The third-order valence-corrected chi connectivity index (χ3v) is 4.10. The van der Waals surface area contributed by atoms with Crippen molar-refractivity contribution in [2.75, 3.05) is 0 Å². The molecule has 0 aliphatic rings. The van der Waals surface area contributed by atoms with Gasteiger partial charge in [0.05, 0.1) is 0 Å². The van der Waals surface area contributed by atoms with Gasteiger partial charge in [-0.25, -0.2) is 9.78 Å². The first-order valence-electron chi connectivity index (χ1n) is 6.00. The summed E-state index contributed by atoms with van der Waals surface area (Å²) in [7, 11) is 1.90. The minimum absolute atomic E-state index is 0.00732. The lowest BCUT2D eigenvalue weighted by molar-refractivity contribution is 0.0664. The number of aromatic nitrogens is 2. The van der Waals surface area contributed by atoms with Gasteiger partial charge in [0.25, 0.3) is 0 Å². The second-order valence-corrected chi connectivity index (χ2v) is 5.26. The maximum Gasteiger partial charge on any atom is 0.372 e. The topological polar surface area (TPSA) is 68.3 Å². The van der Waals surface area contributed by atoms with E-state index in [1.807, 2.05) is 36.0 Å². The molecule has 0 saturated heterocycles. The number of fused-ring (bicyclic) bond motifs is 1. The number of aromatic carboxylic acids is 1. The van der Waals surface area contributed by atoms with Gasteiger partial charge in [-0.1, -0.05) is 30.0 Å². The number of carbonyl (C=O) groups is 1. The van der Waals surface area contributed by atoms with E-state index >= 15 is 0 Å². The van der Waals surface area contributed by atoms with E-state index in [9.17, 15) is 9.90 Å². The predicted molar refractivity (Wildman–Crippen MR) is 75.9 cm³/mol. The molecule has 1 N–H and O–H groups in total. The van der Waals surface area contributed by atoms with E-state index in [-0.39, 0.29) is 5.76 Å². The molecule has 3 rings (SSSR count). The smallest absolute Gasteiger partial charge is 0.372 e. The van der Waals surface area contributed by atoms with Crippen molar-refractivity contribution >= 4 is 28.7 Å². The Kier molecular flexibility index (Phi) is 3.23. The number of thioether (sulfide) groups is 1. The molecule has 102 valence electrons. The Balaban J connectivity index is 1.99. The molecule has 0 bridgehead atoms. The number of benzene rings is 1. The van der Waals surface area contributed by atoms with Crippen molar-refractivity contribution in [2.45, 2.75) is 10.9 Å². The van der Waals surface area contributed by atoms with Crippen molar-refractivity contribution in [1.29, 1.82) is 0 Å². The van der Waals surface area contributed by atoms with E-state index in [1.165, 1.54) is 11.8 Å². The molecule has 0 aliphatic heterocycles. The number of nitrogens with zero attached hydrogens (tertiary/aromatic N) is 2. The number of carboxylic acid groups (broad SMARTS) is 1. The monoisotopic (exact) mass is 288 g/mol. The molecule has 2 aromatic heterocycles. The fourth-order valence-electron chi connectivity index (χ4n) is 2.04. The van der Waals surface area contributed by atoms with Crippen LogP contribution >= 0.6 is 11.8 Å². The van der Waals surface area contributed by atoms with Crippen molar-refractivity contribution in [1.82, 2.24) is 9.55 Å². The van der Waals surface area contributed by atoms with Crippen LogP contribution in [-0.4, -0.2) is 20.6 Å². The standard InChI is InChI=1S/C14H12N2O3S/c1-16-7-6-15-14(16)20-8-10-9-4-2-3-5-11(9)19-12(10)13(17)18/h2-7H,8H2,1H3,(H,17,18). The maximum absolute atomic E-state index is 11.3. The number of aryl methyl sites for hydroxylation is 1. The summed E-state index contributed by atoms with van der Waals surface area (Å²) in [5, 5.41) is 10.9. The third-order valence-electron chi connectivity index (χ3n) is 3.02. The summed E-state index contributed by atoms with van der Waals surface area (Å²) in [6.07, 6.45) is 3.57. The number of furan rings is 1. The largest absolute Gasteiger partial charge is 0.475 e. The number of para-hydroxylation sites is 1. The van der Waals surface area contributed by atoms with Gasteiger partial charge in [-0.05, 0) is 6.07 Å². The van der Waals surface area contributed by atoms with Gasteiger partial charge in [0.2, 0.25) is 5.76 Å². The summed E-state index contributed by atoms with van der Waals surface area (Å²) in [5.41, 5.74) is 1.29. The predicted octanol–water partition coefficient (Wildman–Crippen LogP) is 3.16. The van der Waals surface area contributed by atoms with Crippen LogP contribution in [0.1, 0.15) is 16.1 Å². The molecule has 0 spiro atoms. The second kappa shape index (κ2) is 5.05. The average Bonchev–Trinajstić information content (AvgIpc) is 3.00.